The lowest BCUT2D eigenvalue weighted by molar-refractivity contribution is -0.130. The van der Waals surface area contributed by atoms with Gasteiger partial charge in [-0.25, -0.2) is 4.79 Å². The van der Waals surface area contributed by atoms with Crippen molar-refractivity contribution in [1.82, 2.24) is 5.32 Å². The molecule has 1 saturated carbocycles. The minimum Gasteiger partial charge on any atom is -0.462 e. The van der Waals surface area contributed by atoms with Crippen molar-refractivity contribution in [3.8, 4) is 11.5 Å². The van der Waals surface area contributed by atoms with E-state index >= 15 is 0 Å². The van der Waals surface area contributed by atoms with E-state index in [4.69, 9.17) is 15.2 Å². The molecule has 0 spiro atoms. The van der Waals surface area contributed by atoms with Crippen molar-refractivity contribution in [1.29, 1.82) is 0 Å². The zero-order valence-corrected chi connectivity index (χ0v) is 22.8. The summed E-state index contributed by atoms with van der Waals surface area (Å²) in [6.07, 6.45) is 3.53. The second kappa shape index (κ2) is 14.3. The summed E-state index contributed by atoms with van der Waals surface area (Å²) < 4.78 is 11.1. The Morgan fingerprint density at radius 1 is 0.900 bits per heavy atom. The van der Waals surface area contributed by atoms with Crippen LogP contribution in [-0.4, -0.2) is 37.0 Å². The van der Waals surface area contributed by atoms with Crippen LogP contribution in [0.2, 0.25) is 0 Å². The summed E-state index contributed by atoms with van der Waals surface area (Å²) in [5.74, 6) is 0.503. The number of amides is 2. The molecule has 1 aliphatic carbocycles. The number of anilines is 1. The summed E-state index contributed by atoms with van der Waals surface area (Å²) in [6, 6.07) is 22.7. The lowest BCUT2D eigenvalue weighted by Gasteiger charge is -2.28. The maximum atomic E-state index is 13.6. The minimum absolute atomic E-state index is 0.147. The first kappa shape index (κ1) is 28.8. The third kappa shape index (κ3) is 7.93. The van der Waals surface area contributed by atoms with Crippen LogP contribution >= 0.6 is 0 Å². The van der Waals surface area contributed by atoms with Crippen molar-refractivity contribution < 1.29 is 23.9 Å². The fourth-order valence-electron chi connectivity index (χ4n) is 4.95. The number of carbonyl (C=O) groups is 3. The van der Waals surface area contributed by atoms with Crippen LogP contribution in [0.5, 0.6) is 11.5 Å². The highest BCUT2D eigenvalue weighted by molar-refractivity contribution is 6.03. The van der Waals surface area contributed by atoms with Crippen LogP contribution in [0.3, 0.4) is 0 Å². The van der Waals surface area contributed by atoms with Gasteiger partial charge >= 0.3 is 5.97 Å². The summed E-state index contributed by atoms with van der Waals surface area (Å²) in [5, 5.41) is 5.84. The SMILES string of the molecule is CCOC(=O)c1ccccc1NC(=O)C(Cc1cccc(Oc2ccccc2)c1)NC(=O)C1CCC(CN)CC1. The highest BCUT2D eigenvalue weighted by Gasteiger charge is 2.30. The van der Waals surface area contributed by atoms with Crippen LogP contribution in [0.15, 0.2) is 78.9 Å². The topological polar surface area (TPSA) is 120 Å². The summed E-state index contributed by atoms with van der Waals surface area (Å²) in [7, 11) is 0. The van der Waals surface area contributed by atoms with Crippen LogP contribution in [0.4, 0.5) is 5.69 Å². The number of hydrogen-bond acceptors (Lipinski definition) is 6. The molecule has 0 saturated heterocycles. The van der Waals surface area contributed by atoms with Gasteiger partial charge in [0.15, 0.2) is 0 Å². The summed E-state index contributed by atoms with van der Waals surface area (Å²) >= 11 is 0. The Hall–Kier alpha value is -4.17. The third-order valence-corrected chi connectivity index (χ3v) is 7.18. The van der Waals surface area contributed by atoms with Crippen LogP contribution in [0, 0.1) is 11.8 Å². The smallest absolute Gasteiger partial charge is 0.340 e. The first-order valence-electron chi connectivity index (χ1n) is 13.9. The molecule has 1 atom stereocenters. The Labute approximate surface area is 235 Å². The average Bonchev–Trinajstić information content (AvgIpc) is 2.98. The Morgan fingerprint density at radius 2 is 1.60 bits per heavy atom. The molecule has 2 amide bonds. The lowest BCUT2D eigenvalue weighted by atomic mass is 9.81. The normalized spacial score (nSPS) is 17.4. The highest BCUT2D eigenvalue weighted by Crippen LogP contribution is 2.29. The molecule has 8 heteroatoms. The number of ether oxygens (including phenoxy) is 2. The van der Waals surface area contributed by atoms with Gasteiger partial charge in [0.05, 0.1) is 17.9 Å². The first-order chi connectivity index (χ1) is 19.5. The van der Waals surface area contributed by atoms with E-state index in [1.165, 1.54) is 0 Å². The molecule has 3 aromatic rings. The van der Waals surface area contributed by atoms with E-state index in [9.17, 15) is 14.4 Å². The van der Waals surface area contributed by atoms with E-state index in [-0.39, 0.29) is 30.4 Å². The molecular formula is C32H37N3O5. The molecule has 4 N–H and O–H groups in total. The Morgan fingerprint density at radius 3 is 2.33 bits per heavy atom. The molecule has 8 nitrogen and oxygen atoms in total. The Kier molecular flexibility index (Phi) is 10.3. The monoisotopic (exact) mass is 543 g/mol. The summed E-state index contributed by atoms with van der Waals surface area (Å²) in [5.41, 5.74) is 7.22. The van der Waals surface area contributed by atoms with Crippen LogP contribution in [0.25, 0.3) is 0 Å². The predicted octanol–water partition coefficient (Wildman–Crippen LogP) is 5.09. The van der Waals surface area contributed by atoms with Gasteiger partial charge in [-0.15, -0.1) is 0 Å². The van der Waals surface area contributed by atoms with Gasteiger partial charge in [0.2, 0.25) is 11.8 Å². The second-order valence-corrected chi connectivity index (χ2v) is 10.0. The number of carbonyl (C=O) groups excluding carboxylic acids is 3. The van der Waals surface area contributed by atoms with E-state index in [2.05, 4.69) is 10.6 Å². The number of nitrogens with two attached hydrogens (primary N) is 1. The van der Waals surface area contributed by atoms with Crippen molar-refractivity contribution in [2.75, 3.05) is 18.5 Å². The van der Waals surface area contributed by atoms with E-state index in [0.717, 1.165) is 31.2 Å². The van der Waals surface area contributed by atoms with Gasteiger partial charge in [-0.05, 0) is 87.0 Å². The number of rotatable bonds is 11. The molecule has 3 aromatic carbocycles. The quantitative estimate of drug-likeness (QED) is 0.290. The lowest BCUT2D eigenvalue weighted by Crippen LogP contribution is -2.48. The maximum absolute atomic E-state index is 13.6. The minimum atomic E-state index is -0.873. The molecule has 0 radical (unpaired) electrons. The Bertz CT molecular complexity index is 1290. The van der Waals surface area contributed by atoms with E-state index in [1.54, 1.807) is 31.2 Å². The van der Waals surface area contributed by atoms with Gasteiger partial charge < -0.3 is 25.8 Å². The molecule has 1 unspecified atom stereocenters. The molecule has 1 fully saturated rings. The maximum Gasteiger partial charge on any atom is 0.340 e. The largest absolute Gasteiger partial charge is 0.462 e. The molecule has 0 aliphatic heterocycles. The molecule has 40 heavy (non-hydrogen) atoms. The first-order valence-corrected chi connectivity index (χ1v) is 13.9. The fraction of sp³-hybridized carbons (Fsp3) is 0.344. The van der Waals surface area contributed by atoms with Gasteiger partial charge in [-0.1, -0.05) is 42.5 Å². The number of esters is 1. The van der Waals surface area contributed by atoms with Gasteiger partial charge in [-0.2, -0.15) is 0 Å². The van der Waals surface area contributed by atoms with Gasteiger partial charge in [0.1, 0.15) is 17.5 Å². The standard InChI is InChI=1S/C32H37N3O5/c1-2-39-32(38)27-13-6-7-14-28(27)34-31(37)29(35-30(36)24-17-15-22(21-33)16-18-24)20-23-9-8-12-26(19-23)40-25-10-4-3-5-11-25/h3-14,19,22,24,29H,2,15-18,20-21,33H2,1H3,(H,34,37)(H,35,36). The number of hydrogen-bond donors (Lipinski definition) is 3. The van der Waals surface area contributed by atoms with Crippen molar-refractivity contribution in [3.05, 3.63) is 90.0 Å². The highest BCUT2D eigenvalue weighted by atomic mass is 16.5. The van der Waals surface area contributed by atoms with E-state index in [0.29, 0.717) is 29.6 Å². The molecular weight excluding hydrogens is 506 g/mol. The summed E-state index contributed by atoms with van der Waals surface area (Å²) in [4.78, 5) is 39.4. The van der Waals surface area contributed by atoms with Crippen LogP contribution < -0.4 is 21.1 Å². The third-order valence-electron chi connectivity index (χ3n) is 7.18. The van der Waals surface area contributed by atoms with Crippen molar-refractivity contribution >= 4 is 23.5 Å². The molecule has 0 bridgehead atoms. The molecule has 210 valence electrons. The van der Waals surface area contributed by atoms with Crippen molar-refractivity contribution in [3.63, 3.8) is 0 Å². The number of nitrogens with one attached hydrogen (secondary N) is 2. The number of para-hydroxylation sites is 2. The predicted molar refractivity (Wildman–Crippen MR) is 154 cm³/mol. The Balaban J connectivity index is 1.53. The van der Waals surface area contributed by atoms with Crippen LogP contribution in [-0.2, 0) is 20.7 Å². The molecule has 4 rings (SSSR count). The van der Waals surface area contributed by atoms with Crippen LogP contribution in [0.1, 0.15) is 48.5 Å². The number of benzene rings is 3. The van der Waals surface area contributed by atoms with Crippen molar-refractivity contribution in [2.24, 2.45) is 17.6 Å². The summed E-state index contributed by atoms with van der Waals surface area (Å²) in [6.45, 7) is 2.56. The van der Waals surface area contributed by atoms with Gasteiger partial charge in [0, 0.05) is 12.3 Å². The molecule has 0 aromatic heterocycles. The van der Waals surface area contributed by atoms with Gasteiger partial charge in [-0.3, -0.25) is 9.59 Å². The molecule has 0 heterocycles. The fourth-order valence-corrected chi connectivity index (χ4v) is 4.95. The average molecular weight is 544 g/mol. The zero-order chi connectivity index (χ0) is 28.3. The van der Waals surface area contributed by atoms with E-state index < -0.39 is 17.9 Å². The van der Waals surface area contributed by atoms with E-state index in [1.807, 2.05) is 54.6 Å². The zero-order valence-electron chi connectivity index (χ0n) is 22.8. The second-order valence-electron chi connectivity index (χ2n) is 10.0. The molecule has 1 aliphatic rings. The van der Waals surface area contributed by atoms with Crippen molar-refractivity contribution in [2.45, 2.75) is 45.1 Å². The van der Waals surface area contributed by atoms with Gasteiger partial charge in [0.25, 0.3) is 0 Å².